The Morgan fingerprint density at radius 3 is 2.00 bits per heavy atom. The first-order chi connectivity index (χ1) is 9.26. The SMILES string of the molecule is CN(CCCCO[Si](C)(C)C(C)(C)C)C(=O)OC(C)(C)C. The summed E-state index contributed by atoms with van der Waals surface area (Å²) in [6.45, 7) is 18.4. The lowest BCUT2D eigenvalue weighted by Gasteiger charge is -2.36. The molecule has 0 saturated heterocycles. The zero-order valence-corrected chi connectivity index (χ0v) is 16.5. The molecule has 1 amide bonds. The van der Waals surface area contributed by atoms with Gasteiger partial charge < -0.3 is 14.1 Å². The summed E-state index contributed by atoms with van der Waals surface area (Å²) >= 11 is 0. The van der Waals surface area contributed by atoms with E-state index in [2.05, 4.69) is 33.9 Å². The summed E-state index contributed by atoms with van der Waals surface area (Å²) < 4.78 is 11.4. The van der Waals surface area contributed by atoms with Crippen molar-refractivity contribution >= 4 is 14.4 Å². The topological polar surface area (TPSA) is 38.8 Å². The number of unbranched alkanes of at least 4 members (excludes halogenated alkanes) is 1. The first-order valence-corrected chi connectivity index (χ1v) is 10.8. The number of hydrogen-bond donors (Lipinski definition) is 0. The van der Waals surface area contributed by atoms with Gasteiger partial charge in [0, 0.05) is 20.2 Å². The van der Waals surface area contributed by atoms with Crippen molar-refractivity contribution in [1.82, 2.24) is 4.90 Å². The average Bonchev–Trinajstić information content (AvgIpc) is 2.24. The van der Waals surface area contributed by atoms with Gasteiger partial charge in [0.05, 0.1) is 0 Å². The van der Waals surface area contributed by atoms with Crippen LogP contribution in [0.1, 0.15) is 54.4 Å². The van der Waals surface area contributed by atoms with Gasteiger partial charge in [0.1, 0.15) is 5.60 Å². The normalized spacial score (nSPS) is 13.2. The van der Waals surface area contributed by atoms with Gasteiger partial charge in [-0.15, -0.1) is 0 Å². The Hall–Kier alpha value is -0.553. The molecule has 0 N–H and O–H groups in total. The first kappa shape index (κ1) is 20.4. The maximum Gasteiger partial charge on any atom is 0.410 e. The minimum atomic E-state index is -1.64. The van der Waals surface area contributed by atoms with Gasteiger partial charge in [-0.05, 0) is 51.7 Å². The summed E-state index contributed by atoms with van der Waals surface area (Å²) in [5, 5.41) is 0.250. The lowest BCUT2D eigenvalue weighted by atomic mass is 10.2. The number of carbonyl (C=O) groups excluding carboxylic acids is 1. The summed E-state index contributed by atoms with van der Waals surface area (Å²) in [5.41, 5.74) is -0.434. The van der Waals surface area contributed by atoms with Gasteiger partial charge in [-0.3, -0.25) is 0 Å². The Balaban J connectivity index is 3.94. The van der Waals surface area contributed by atoms with E-state index in [0.29, 0.717) is 6.54 Å². The molecule has 0 aromatic rings. The monoisotopic (exact) mass is 317 g/mol. The van der Waals surface area contributed by atoms with E-state index in [9.17, 15) is 4.79 Å². The Kier molecular flexibility index (Phi) is 7.43. The second-order valence-electron chi connectivity index (χ2n) is 8.22. The molecule has 5 heteroatoms. The Bertz CT molecular complexity index is 329. The molecule has 0 aliphatic heterocycles. The van der Waals surface area contributed by atoms with Crippen LogP contribution in [-0.4, -0.2) is 45.1 Å². The Morgan fingerprint density at radius 1 is 1.05 bits per heavy atom. The van der Waals surface area contributed by atoms with Crippen LogP contribution in [0.5, 0.6) is 0 Å². The highest BCUT2D eigenvalue weighted by atomic mass is 28.4. The van der Waals surface area contributed by atoms with Crippen LogP contribution in [0.2, 0.25) is 18.1 Å². The van der Waals surface area contributed by atoms with Crippen LogP contribution in [0.15, 0.2) is 0 Å². The van der Waals surface area contributed by atoms with Gasteiger partial charge in [0.2, 0.25) is 0 Å². The largest absolute Gasteiger partial charge is 0.444 e. The van der Waals surface area contributed by atoms with Crippen molar-refractivity contribution in [2.45, 2.75) is 78.1 Å². The third-order valence-corrected chi connectivity index (χ3v) is 8.40. The van der Waals surface area contributed by atoms with E-state index in [4.69, 9.17) is 9.16 Å². The van der Waals surface area contributed by atoms with Crippen LogP contribution in [0.4, 0.5) is 4.79 Å². The smallest absolute Gasteiger partial charge is 0.410 e. The van der Waals surface area contributed by atoms with Crippen molar-refractivity contribution in [2.75, 3.05) is 20.2 Å². The molecular formula is C16H35NO3Si. The van der Waals surface area contributed by atoms with Crippen molar-refractivity contribution in [1.29, 1.82) is 0 Å². The molecular weight excluding hydrogens is 282 g/mol. The molecule has 0 aliphatic carbocycles. The highest BCUT2D eigenvalue weighted by Gasteiger charge is 2.36. The van der Waals surface area contributed by atoms with Crippen molar-refractivity contribution in [2.24, 2.45) is 0 Å². The molecule has 0 atom stereocenters. The molecule has 0 bridgehead atoms. The van der Waals surface area contributed by atoms with E-state index in [1.165, 1.54) is 0 Å². The highest BCUT2D eigenvalue weighted by molar-refractivity contribution is 6.74. The first-order valence-electron chi connectivity index (χ1n) is 7.84. The number of nitrogens with zero attached hydrogens (tertiary/aromatic N) is 1. The standard InChI is InChI=1S/C16H35NO3Si/c1-15(2,3)20-14(18)17(7)12-10-11-13-19-21(8,9)16(4,5)6/h10-13H2,1-9H3. The van der Waals surface area contributed by atoms with Crippen molar-refractivity contribution in [3.8, 4) is 0 Å². The summed E-state index contributed by atoms with van der Waals surface area (Å²) in [4.78, 5) is 13.4. The van der Waals surface area contributed by atoms with Gasteiger partial charge in [-0.2, -0.15) is 0 Å². The van der Waals surface area contributed by atoms with Crippen LogP contribution in [0, 0.1) is 0 Å². The average molecular weight is 318 g/mol. The zero-order chi connectivity index (χ0) is 16.9. The molecule has 0 fully saturated rings. The fourth-order valence-electron chi connectivity index (χ4n) is 1.43. The van der Waals surface area contributed by atoms with E-state index in [-0.39, 0.29) is 11.1 Å². The molecule has 4 nitrogen and oxygen atoms in total. The Labute approximate surface area is 132 Å². The number of rotatable bonds is 6. The van der Waals surface area contributed by atoms with Gasteiger partial charge >= 0.3 is 6.09 Å². The van der Waals surface area contributed by atoms with E-state index in [0.717, 1.165) is 19.4 Å². The molecule has 21 heavy (non-hydrogen) atoms. The van der Waals surface area contributed by atoms with Crippen LogP contribution in [0.25, 0.3) is 0 Å². The zero-order valence-electron chi connectivity index (χ0n) is 15.5. The molecule has 0 radical (unpaired) electrons. The fraction of sp³-hybridized carbons (Fsp3) is 0.938. The van der Waals surface area contributed by atoms with E-state index >= 15 is 0 Å². The van der Waals surface area contributed by atoms with E-state index < -0.39 is 13.9 Å². The third kappa shape index (κ3) is 8.46. The number of amides is 1. The molecule has 0 saturated carbocycles. The molecule has 0 aromatic heterocycles. The van der Waals surface area contributed by atoms with Crippen molar-refractivity contribution < 1.29 is 14.0 Å². The summed E-state index contributed by atoms with van der Waals surface area (Å²) in [5.74, 6) is 0. The van der Waals surface area contributed by atoms with Crippen molar-refractivity contribution in [3.05, 3.63) is 0 Å². The fourth-order valence-corrected chi connectivity index (χ4v) is 2.51. The number of carbonyl (C=O) groups is 1. The van der Waals surface area contributed by atoms with E-state index in [1.807, 2.05) is 20.8 Å². The molecule has 0 spiro atoms. The summed E-state index contributed by atoms with van der Waals surface area (Å²) in [6, 6.07) is 0. The van der Waals surface area contributed by atoms with Crippen LogP contribution in [-0.2, 0) is 9.16 Å². The van der Waals surface area contributed by atoms with E-state index in [1.54, 1.807) is 11.9 Å². The quantitative estimate of drug-likeness (QED) is 0.528. The Morgan fingerprint density at radius 2 is 1.57 bits per heavy atom. The van der Waals surface area contributed by atoms with Crippen molar-refractivity contribution in [3.63, 3.8) is 0 Å². The summed E-state index contributed by atoms with van der Waals surface area (Å²) in [7, 11) is 0.140. The summed E-state index contributed by atoms with van der Waals surface area (Å²) in [6.07, 6.45) is 1.65. The van der Waals surface area contributed by atoms with Gasteiger partial charge in [0.25, 0.3) is 0 Å². The van der Waals surface area contributed by atoms with Crippen LogP contribution < -0.4 is 0 Å². The molecule has 0 rings (SSSR count). The highest BCUT2D eigenvalue weighted by Crippen LogP contribution is 2.36. The maximum atomic E-state index is 11.8. The van der Waals surface area contributed by atoms with Crippen LogP contribution >= 0.6 is 0 Å². The van der Waals surface area contributed by atoms with Gasteiger partial charge in [0.15, 0.2) is 8.32 Å². The predicted octanol–water partition coefficient (Wildman–Crippen LogP) is 4.66. The number of ether oxygens (including phenoxy) is 1. The second kappa shape index (κ2) is 7.63. The third-order valence-electron chi connectivity index (χ3n) is 3.86. The number of hydrogen-bond acceptors (Lipinski definition) is 3. The predicted molar refractivity (Wildman–Crippen MR) is 91.2 cm³/mol. The second-order valence-corrected chi connectivity index (χ2v) is 13.0. The molecule has 0 aromatic carbocycles. The minimum Gasteiger partial charge on any atom is -0.444 e. The van der Waals surface area contributed by atoms with Gasteiger partial charge in [-0.1, -0.05) is 20.8 Å². The lowest BCUT2D eigenvalue weighted by molar-refractivity contribution is 0.0294. The minimum absolute atomic E-state index is 0.250. The molecule has 126 valence electrons. The van der Waals surface area contributed by atoms with Gasteiger partial charge in [-0.25, -0.2) is 4.79 Å². The molecule has 0 aliphatic rings. The lowest BCUT2D eigenvalue weighted by Crippen LogP contribution is -2.41. The maximum absolute atomic E-state index is 11.8. The molecule has 0 unspecified atom stereocenters. The van der Waals surface area contributed by atoms with Crippen LogP contribution in [0.3, 0.4) is 0 Å². The molecule has 0 heterocycles.